The monoisotopic (exact) mass is 440 g/mol. The second-order valence-corrected chi connectivity index (χ2v) is 6.92. The predicted molar refractivity (Wildman–Crippen MR) is 101 cm³/mol. The van der Waals surface area contributed by atoms with Gasteiger partial charge in [0, 0.05) is 45.2 Å². The highest BCUT2D eigenvalue weighted by atomic mass is 19.4. The number of nitrogens with zero attached hydrogens (tertiary/aromatic N) is 3. The van der Waals surface area contributed by atoms with E-state index in [0.29, 0.717) is 0 Å². The molecule has 1 amide bonds. The fraction of sp³-hybridized carbons (Fsp3) is 0.350. The van der Waals surface area contributed by atoms with Gasteiger partial charge in [-0.3, -0.25) is 4.79 Å². The maximum Gasteiger partial charge on any atom is 0.424 e. The Balaban J connectivity index is 1.54. The molecule has 0 bridgehead atoms. The molecule has 1 aromatic carbocycles. The van der Waals surface area contributed by atoms with E-state index in [1.165, 1.54) is 37.6 Å². The van der Waals surface area contributed by atoms with Gasteiger partial charge in [-0.05, 0) is 12.1 Å². The summed E-state index contributed by atoms with van der Waals surface area (Å²) in [6.07, 6.45) is -2.04. The molecule has 0 spiro atoms. The number of benzene rings is 1. The molecule has 166 valence electrons. The Hall–Kier alpha value is -3.21. The Morgan fingerprint density at radius 1 is 1.26 bits per heavy atom. The van der Waals surface area contributed by atoms with Gasteiger partial charge in [0.25, 0.3) is 0 Å². The minimum absolute atomic E-state index is 0.0726. The van der Waals surface area contributed by atoms with Crippen molar-refractivity contribution in [1.29, 1.82) is 0 Å². The van der Waals surface area contributed by atoms with E-state index in [2.05, 4.69) is 15.3 Å². The Bertz CT molecular complexity index is 1050. The van der Waals surface area contributed by atoms with E-state index in [-0.39, 0.29) is 30.1 Å². The van der Waals surface area contributed by atoms with Crippen molar-refractivity contribution in [3.8, 4) is 11.3 Å². The molecular weight excluding hydrogens is 420 g/mol. The third kappa shape index (κ3) is 4.93. The highest BCUT2D eigenvalue weighted by molar-refractivity contribution is 5.76. The Morgan fingerprint density at radius 3 is 2.65 bits per heavy atom. The van der Waals surface area contributed by atoms with Crippen molar-refractivity contribution in [1.82, 2.24) is 19.9 Å². The highest BCUT2D eigenvalue weighted by Crippen LogP contribution is 2.40. The van der Waals surface area contributed by atoms with Crippen LogP contribution in [0.25, 0.3) is 11.3 Å². The molecule has 0 aliphatic rings. The second-order valence-electron chi connectivity index (χ2n) is 6.92. The van der Waals surface area contributed by atoms with Gasteiger partial charge in [-0.2, -0.15) is 13.2 Å². The quantitative estimate of drug-likeness (QED) is 0.525. The SMILES string of the molecule is Cn1ccnc1C(O)(CCNC(=O)CCc1ncc(-c2ccccc2F)o1)C(F)(F)F. The standard InChI is InChI=1S/C20H20F4N4O3/c1-28-11-10-26-18(28)19(30,20(22,23)24)8-9-25-16(29)6-7-17-27-12-15(31-17)13-4-2-3-5-14(13)21/h2-5,10-12,30H,6-9H2,1H3,(H,25,29). The van der Waals surface area contributed by atoms with Crippen LogP contribution in [0.1, 0.15) is 24.6 Å². The summed E-state index contributed by atoms with van der Waals surface area (Å²) in [6, 6.07) is 5.98. The number of aromatic nitrogens is 3. The summed E-state index contributed by atoms with van der Waals surface area (Å²) in [6.45, 7) is -0.423. The number of carbonyl (C=O) groups is 1. The fourth-order valence-corrected chi connectivity index (χ4v) is 3.05. The van der Waals surface area contributed by atoms with Crippen molar-refractivity contribution in [2.45, 2.75) is 31.0 Å². The van der Waals surface area contributed by atoms with Crippen molar-refractivity contribution in [2.24, 2.45) is 7.05 Å². The maximum absolute atomic E-state index is 13.8. The third-order valence-corrected chi connectivity index (χ3v) is 4.73. The number of amides is 1. The summed E-state index contributed by atoms with van der Waals surface area (Å²) in [4.78, 5) is 19.6. The number of hydrogen-bond acceptors (Lipinski definition) is 5. The van der Waals surface area contributed by atoms with Gasteiger partial charge in [-0.15, -0.1) is 0 Å². The number of hydrogen-bond donors (Lipinski definition) is 2. The van der Waals surface area contributed by atoms with Crippen LogP contribution in [0.15, 0.2) is 47.3 Å². The fourth-order valence-electron chi connectivity index (χ4n) is 3.05. The van der Waals surface area contributed by atoms with Crippen LogP contribution >= 0.6 is 0 Å². The zero-order valence-electron chi connectivity index (χ0n) is 16.5. The zero-order chi connectivity index (χ0) is 22.6. The summed E-state index contributed by atoms with van der Waals surface area (Å²) < 4.78 is 60.6. The summed E-state index contributed by atoms with van der Waals surface area (Å²) in [5.41, 5.74) is -2.97. The highest BCUT2D eigenvalue weighted by Gasteiger charge is 2.57. The van der Waals surface area contributed by atoms with Gasteiger partial charge >= 0.3 is 6.18 Å². The van der Waals surface area contributed by atoms with Crippen LogP contribution < -0.4 is 5.32 Å². The Labute approximate surface area is 174 Å². The third-order valence-electron chi connectivity index (χ3n) is 4.73. The van der Waals surface area contributed by atoms with Crippen LogP contribution in [0, 0.1) is 5.82 Å². The molecule has 2 N–H and O–H groups in total. The predicted octanol–water partition coefficient (Wildman–Crippen LogP) is 3.10. The molecule has 11 heteroatoms. The van der Waals surface area contributed by atoms with Gasteiger partial charge in [0.2, 0.25) is 11.5 Å². The van der Waals surface area contributed by atoms with Gasteiger partial charge in [0.15, 0.2) is 11.7 Å². The van der Waals surface area contributed by atoms with Crippen molar-refractivity contribution in [3.05, 3.63) is 60.4 Å². The molecule has 0 saturated heterocycles. The van der Waals surface area contributed by atoms with Gasteiger partial charge in [0.1, 0.15) is 11.6 Å². The molecule has 2 aromatic heterocycles. The molecule has 3 aromatic rings. The first-order chi connectivity index (χ1) is 14.6. The van der Waals surface area contributed by atoms with Gasteiger partial charge in [-0.25, -0.2) is 14.4 Å². The lowest BCUT2D eigenvalue weighted by molar-refractivity contribution is -0.272. The minimum atomic E-state index is -4.97. The minimum Gasteiger partial charge on any atom is -0.441 e. The van der Waals surface area contributed by atoms with Crippen LogP contribution in [0.3, 0.4) is 0 Å². The van der Waals surface area contributed by atoms with Gasteiger partial charge in [0.05, 0.1) is 11.8 Å². The summed E-state index contributed by atoms with van der Waals surface area (Å²) in [7, 11) is 1.34. The van der Waals surface area contributed by atoms with Crippen LogP contribution in [0.4, 0.5) is 17.6 Å². The van der Waals surface area contributed by atoms with Crippen LogP contribution in [-0.2, 0) is 23.9 Å². The number of oxazole rings is 1. The average molecular weight is 440 g/mol. The summed E-state index contributed by atoms with van der Waals surface area (Å²) in [5, 5.41) is 12.6. The Morgan fingerprint density at radius 2 is 2.00 bits per heavy atom. The molecule has 0 fully saturated rings. The van der Waals surface area contributed by atoms with E-state index in [0.717, 1.165) is 10.8 Å². The first-order valence-electron chi connectivity index (χ1n) is 9.35. The normalized spacial score (nSPS) is 13.7. The second kappa shape index (κ2) is 8.88. The smallest absolute Gasteiger partial charge is 0.424 e. The van der Waals surface area contributed by atoms with Crippen molar-refractivity contribution in [3.63, 3.8) is 0 Å². The molecule has 2 heterocycles. The molecular formula is C20H20F4N4O3. The van der Waals surface area contributed by atoms with E-state index in [1.54, 1.807) is 6.07 Å². The molecule has 0 saturated carbocycles. The topological polar surface area (TPSA) is 93.2 Å². The number of alkyl halides is 3. The summed E-state index contributed by atoms with van der Waals surface area (Å²) >= 11 is 0. The number of aliphatic hydroxyl groups is 1. The van der Waals surface area contributed by atoms with E-state index in [9.17, 15) is 27.5 Å². The molecule has 0 aliphatic carbocycles. The van der Waals surface area contributed by atoms with Crippen LogP contribution in [-0.4, -0.2) is 38.3 Å². The molecule has 0 aliphatic heterocycles. The van der Waals surface area contributed by atoms with Gasteiger partial charge in [-0.1, -0.05) is 12.1 Å². The van der Waals surface area contributed by atoms with Crippen molar-refractivity contribution in [2.75, 3.05) is 6.54 Å². The van der Waals surface area contributed by atoms with Crippen molar-refractivity contribution >= 4 is 5.91 Å². The van der Waals surface area contributed by atoms with Crippen molar-refractivity contribution < 1.29 is 31.9 Å². The lowest BCUT2D eigenvalue weighted by Gasteiger charge is -2.29. The molecule has 3 rings (SSSR count). The first kappa shape index (κ1) is 22.5. The number of halogens is 4. The first-order valence-corrected chi connectivity index (χ1v) is 9.35. The molecule has 7 nitrogen and oxygen atoms in total. The number of imidazole rings is 1. The lowest BCUT2D eigenvalue weighted by atomic mass is 9.97. The number of nitrogens with one attached hydrogen (secondary N) is 1. The number of carbonyl (C=O) groups excluding carboxylic acids is 1. The summed E-state index contributed by atoms with van der Waals surface area (Å²) in [5.74, 6) is -1.19. The van der Waals surface area contributed by atoms with E-state index >= 15 is 0 Å². The Kier molecular flexibility index (Phi) is 6.44. The van der Waals surface area contributed by atoms with E-state index in [1.807, 2.05) is 0 Å². The average Bonchev–Trinajstić information content (AvgIpc) is 3.35. The molecule has 0 radical (unpaired) electrons. The molecule has 31 heavy (non-hydrogen) atoms. The largest absolute Gasteiger partial charge is 0.441 e. The van der Waals surface area contributed by atoms with E-state index < -0.39 is 42.3 Å². The number of aryl methyl sites for hydroxylation is 2. The van der Waals surface area contributed by atoms with E-state index in [4.69, 9.17) is 4.42 Å². The van der Waals surface area contributed by atoms with Gasteiger partial charge < -0.3 is 19.4 Å². The number of rotatable bonds is 8. The molecule has 1 unspecified atom stereocenters. The van der Waals surface area contributed by atoms with Crippen LogP contribution in [0.2, 0.25) is 0 Å². The maximum atomic E-state index is 13.8. The zero-order valence-corrected chi connectivity index (χ0v) is 16.5. The van der Waals surface area contributed by atoms with Crippen LogP contribution in [0.5, 0.6) is 0 Å². The lowest BCUT2D eigenvalue weighted by Crippen LogP contribution is -2.46. The molecule has 1 atom stereocenters.